The third-order valence-electron chi connectivity index (χ3n) is 6.11. The Hall–Kier alpha value is -2.76. The first-order valence-electron chi connectivity index (χ1n) is 12.0. The topological polar surface area (TPSA) is 47.9 Å². The second-order valence-electron chi connectivity index (χ2n) is 8.33. The van der Waals surface area contributed by atoms with Gasteiger partial charge in [-0.2, -0.15) is 0 Å². The van der Waals surface area contributed by atoms with Crippen LogP contribution in [0.25, 0.3) is 6.08 Å². The Morgan fingerprint density at radius 3 is 2.48 bits per heavy atom. The van der Waals surface area contributed by atoms with E-state index < -0.39 is 0 Å². The van der Waals surface area contributed by atoms with E-state index >= 15 is 0 Å². The van der Waals surface area contributed by atoms with Gasteiger partial charge in [0, 0.05) is 37.4 Å². The van der Waals surface area contributed by atoms with Crippen molar-refractivity contribution in [1.29, 1.82) is 0 Å². The highest BCUT2D eigenvalue weighted by molar-refractivity contribution is 5.67. The summed E-state index contributed by atoms with van der Waals surface area (Å²) in [5.74, 6) is 0. The molecule has 0 spiro atoms. The van der Waals surface area contributed by atoms with Gasteiger partial charge in [0.1, 0.15) is 5.69 Å². The van der Waals surface area contributed by atoms with Gasteiger partial charge in [-0.25, -0.2) is 0 Å². The second-order valence-corrected chi connectivity index (χ2v) is 8.33. The predicted octanol–water partition coefficient (Wildman–Crippen LogP) is 6.18. The minimum absolute atomic E-state index is 0.184. The molecule has 1 atom stereocenters. The van der Waals surface area contributed by atoms with E-state index in [2.05, 4.69) is 71.1 Å². The van der Waals surface area contributed by atoms with Crippen LogP contribution < -0.4 is 5.32 Å². The van der Waals surface area contributed by atoms with Crippen molar-refractivity contribution < 1.29 is 0 Å². The molecule has 1 saturated heterocycles. The first kappa shape index (κ1) is 26.5. The van der Waals surface area contributed by atoms with Gasteiger partial charge in [0.2, 0.25) is 0 Å². The first-order valence-corrected chi connectivity index (χ1v) is 12.0. The van der Waals surface area contributed by atoms with Gasteiger partial charge in [0.25, 0.3) is 0 Å². The number of hydrogen-bond acceptors (Lipinski definition) is 5. The molecule has 1 aliphatic rings. The lowest BCUT2D eigenvalue weighted by Crippen LogP contribution is -2.57. The predicted molar refractivity (Wildman–Crippen MR) is 142 cm³/mol. The minimum atomic E-state index is 0.184. The van der Waals surface area contributed by atoms with Crippen molar-refractivity contribution in [1.82, 2.24) is 15.1 Å². The van der Waals surface area contributed by atoms with E-state index in [0.717, 1.165) is 49.4 Å². The molecular weight excluding hydrogens is 408 g/mol. The summed E-state index contributed by atoms with van der Waals surface area (Å²) in [4.78, 5) is 16.1. The van der Waals surface area contributed by atoms with E-state index in [4.69, 9.17) is 0 Å². The molecule has 1 fully saturated rings. The maximum absolute atomic E-state index is 11.3. The van der Waals surface area contributed by atoms with E-state index in [9.17, 15) is 4.91 Å². The zero-order valence-corrected chi connectivity index (χ0v) is 21.2. The number of nitrogens with one attached hydrogen (secondary N) is 1. The van der Waals surface area contributed by atoms with Gasteiger partial charge in [-0.15, -0.1) is 4.91 Å². The normalized spacial score (nSPS) is 16.4. The second kappa shape index (κ2) is 13.1. The third-order valence-corrected chi connectivity index (χ3v) is 6.11. The number of aryl methyl sites for hydroxylation is 3. The Bertz CT molecular complexity index is 949. The highest BCUT2D eigenvalue weighted by Gasteiger charge is 2.26. The number of nitroso groups, excluding NO2 is 1. The lowest BCUT2D eigenvalue weighted by molar-refractivity contribution is 0.0851. The van der Waals surface area contributed by atoms with Gasteiger partial charge in [-0.05, 0) is 67.4 Å². The summed E-state index contributed by atoms with van der Waals surface area (Å²) in [6.45, 7) is 18.3. The molecule has 178 valence electrons. The number of nitrogens with zero attached hydrogens (tertiary/aromatic N) is 3. The van der Waals surface area contributed by atoms with Crippen LogP contribution in [-0.2, 0) is 13.0 Å². The van der Waals surface area contributed by atoms with Gasteiger partial charge < -0.3 is 4.90 Å². The Labute approximate surface area is 200 Å². The van der Waals surface area contributed by atoms with E-state index in [0.29, 0.717) is 5.69 Å². The Morgan fingerprint density at radius 1 is 1.18 bits per heavy atom. The molecule has 0 aromatic heterocycles. The number of hydrogen-bond donors (Lipinski definition) is 1. The quantitative estimate of drug-likeness (QED) is 0.387. The van der Waals surface area contributed by atoms with Gasteiger partial charge in [0.05, 0.1) is 6.17 Å². The van der Waals surface area contributed by atoms with Crippen LogP contribution in [0.2, 0.25) is 0 Å². The molecule has 0 amide bonds. The molecule has 1 aliphatic heterocycles. The van der Waals surface area contributed by atoms with Crippen molar-refractivity contribution in [2.75, 3.05) is 26.7 Å². The maximum Gasteiger partial charge on any atom is 0.115 e. The summed E-state index contributed by atoms with van der Waals surface area (Å²) in [7, 11) is 1.99. The first-order chi connectivity index (χ1) is 15.9. The van der Waals surface area contributed by atoms with Crippen molar-refractivity contribution in [2.24, 2.45) is 5.18 Å². The van der Waals surface area contributed by atoms with Crippen molar-refractivity contribution in [3.63, 3.8) is 0 Å². The van der Waals surface area contributed by atoms with Crippen LogP contribution in [-0.4, -0.2) is 42.6 Å². The van der Waals surface area contributed by atoms with E-state index in [-0.39, 0.29) is 6.17 Å². The van der Waals surface area contributed by atoms with E-state index in [1.165, 1.54) is 16.7 Å². The molecule has 2 aromatic rings. The number of rotatable bonds is 8. The molecule has 0 saturated carbocycles. The monoisotopic (exact) mass is 448 g/mol. The van der Waals surface area contributed by atoms with Crippen molar-refractivity contribution in [3.05, 3.63) is 87.5 Å². The van der Waals surface area contributed by atoms with Crippen LogP contribution in [0.1, 0.15) is 48.6 Å². The van der Waals surface area contributed by atoms with Crippen molar-refractivity contribution in [2.45, 2.75) is 53.8 Å². The molecule has 0 aliphatic carbocycles. The minimum Gasteiger partial charge on any atom is -0.354 e. The highest BCUT2D eigenvalue weighted by atomic mass is 16.3. The Morgan fingerprint density at radius 2 is 1.88 bits per heavy atom. The number of piperazine rings is 1. The SMILES string of the molecule is C=C(/C=C/c1cc(CC)c(C)cc1N=O)N1CCN(Cc2ccc(C)cc2)C[C@H]1NC.CC. The summed E-state index contributed by atoms with van der Waals surface area (Å²) in [5.41, 5.74) is 7.22. The Balaban J connectivity index is 0.00000187. The van der Waals surface area contributed by atoms with E-state index in [1.807, 2.05) is 46.0 Å². The molecule has 1 heterocycles. The van der Waals surface area contributed by atoms with E-state index in [1.54, 1.807) is 0 Å². The maximum atomic E-state index is 11.3. The molecule has 5 heteroatoms. The molecule has 2 aromatic carbocycles. The number of allylic oxidation sites excluding steroid dienone is 1. The molecule has 5 nitrogen and oxygen atoms in total. The number of benzene rings is 2. The van der Waals surface area contributed by atoms with Crippen molar-refractivity contribution >= 4 is 11.8 Å². The molecule has 33 heavy (non-hydrogen) atoms. The average Bonchev–Trinajstić information content (AvgIpc) is 2.85. The van der Waals surface area contributed by atoms with Crippen LogP contribution in [0.4, 0.5) is 5.69 Å². The summed E-state index contributed by atoms with van der Waals surface area (Å²) >= 11 is 0. The van der Waals surface area contributed by atoms with Crippen molar-refractivity contribution in [3.8, 4) is 0 Å². The summed E-state index contributed by atoms with van der Waals surface area (Å²) < 4.78 is 0. The molecular formula is C28H40N4O. The summed E-state index contributed by atoms with van der Waals surface area (Å²) in [6.07, 6.45) is 5.07. The third kappa shape index (κ3) is 7.11. The van der Waals surface area contributed by atoms with Crippen LogP contribution in [0.15, 0.2) is 59.9 Å². The lowest BCUT2D eigenvalue weighted by Gasteiger charge is -2.43. The van der Waals surface area contributed by atoms with Gasteiger partial charge >= 0.3 is 0 Å². The molecule has 0 unspecified atom stereocenters. The molecule has 0 bridgehead atoms. The highest BCUT2D eigenvalue weighted by Crippen LogP contribution is 2.26. The lowest BCUT2D eigenvalue weighted by atomic mass is 10.0. The van der Waals surface area contributed by atoms with Crippen LogP contribution in [0, 0.1) is 18.8 Å². The van der Waals surface area contributed by atoms with Crippen LogP contribution in [0.5, 0.6) is 0 Å². The van der Waals surface area contributed by atoms with Crippen LogP contribution >= 0.6 is 0 Å². The zero-order chi connectivity index (χ0) is 24.4. The fourth-order valence-corrected chi connectivity index (χ4v) is 4.16. The van der Waals surface area contributed by atoms with Gasteiger partial charge in [0.15, 0.2) is 0 Å². The average molecular weight is 449 g/mol. The standard InChI is InChI=1S/C26H34N4O.C2H6/c1-6-23-16-24(25(28-31)15-20(23)3)12-9-21(4)30-14-13-29(18-26(30)27-5)17-22-10-7-19(2)8-11-22;1-2/h7-12,15-16,26-27H,4,6,13-14,17-18H2,1-3,5H3;1-2H3/b12-9+;/t26-;/m0./s1. The molecule has 0 radical (unpaired) electrons. The number of likely N-dealkylation sites (N-methyl/N-ethyl adjacent to an activating group) is 1. The summed E-state index contributed by atoms with van der Waals surface area (Å²) in [6, 6.07) is 12.7. The molecule has 3 rings (SSSR count). The zero-order valence-electron chi connectivity index (χ0n) is 21.2. The van der Waals surface area contributed by atoms with Crippen LogP contribution in [0.3, 0.4) is 0 Å². The fraction of sp³-hybridized carbons (Fsp3) is 0.429. The Kier molecular flexibility index (Phi) is 10.5. The largest absolute Gasteiger partial charge is 0.354 e. The van der Waals surface area contributed by atoms with Gasteiger partial charge in [-0.3, -0.25) is 10.2 Å². The molecule has 1 N–H and O–H groups in total. The smallest absolute Gasteiger partial charge is 0.115 e. The fourth-order valence-electron chi connectivity index (χ4n) is 4.16. The van der Waals surface area contributed by atoms with Gasteiger partial charge in [-0.1, -0.05) is 63.3 Å². The summed E-state index contributed by atoms with van der Waals surface area (Å²) in [5, 5.41) is 6.65.